The van der Waals surface area contributed by atoms with Crippen LogP contribution in [0.2, 0.25) is 0 Å². The summed E-state index contributed by atoms with van der Waals surface area (Å²) in [6.07, 6.45) is 2.66. The van der Waals surface area contributed by atoms with Gasteiger partial charge in [-0.25, -0.2) is 0 Å². The fraction of sp³-hybridized carbons (Fsp3) is 0.600. The molecule has 0 radical (unpaired) electrons. The van der Waals surface area contributed by atoms with Gasteiger partial charge in [0.05, 0.1) is 0 Å². The van der Waals surface area contributed by atoms with Gasteiger partial charge in [-0.3, -0.25) is 0 Å². The van der Waals surface area contributed by atoms with Gasteiger partial charge in [-0.2, -0.15) is 0 Å². The van der Waals surface area contributed by atoms with E-state index < -0.39 is 0 Å². The summed E-state index contributed by atoms with van der Waals surface area (Å²) in [6.45, 7) is 8.27. The second-order valence-electron chi connectivity index (χ2n) is 5.80. The van der Waals surface area contributed by atoms with E-state index in [-0.39, 0.29) is 0 Å². The van der Waals surface area contributed by atoms with Crippen LogP contribution in [0.3, 0.4) is 0 Å². The van der Waals surface area contributed by atoms with Crippen LogP contribution in [0.25, 0.3) is 0 Å². The second kappa shape index (κ2) is 4.86. The highest BCUT2D eigenvalue weighted by Gasteiger charge is 2.34. The van der Waals surface area contributed by atoms with Crippen molar-refractivity contribution in [2.45, 2.75) is 32.7 Å². The third-order valence-corrected chi connectivity index (χ3v) is 4.92. The van der Waals surface area contributed by atoms with Gasteiger partial charge in [-0.05, 0) is 62.4 Å². The SMILES string of the molecule is Cc1cc(Br)cc(C)c1NC1CCN2CCC1C2. The molecular formula is C15H21BrN2. The quantitative estimate of drug-likeness (QED) is 0.898. The van der Waals surface area contributed by atoms with Crippen LogP contribution in [0.15, 0.2) is 16.6 Å². The van der Waals surface area contributed by atoms with Crippen LogP contribution in [0, 0.1) is 19.8 Å². The third kappa shape index (κ3) is 2.30. The molecule has 1 aromatic rings. The van der Waals surface area contributed by atoms with Crippen LogP contribution >= 0.6 is 15.9 Å². The average molecular weight is 309 g/mol. The number of hydrogen-bond acceptors (Lipinski definition) is 2. The molecule has 2 bridgehead atoms. The molecule has 1 aromatic carbocycles. The van der Waals surface area contributed by atoms with Crippen molar-refractivity contribution in [3.8, 4) is 0 Å². The topological polar surface area (TPSA) is 15.3 Å². The average Bonchev–Trinajstić information content (AvgIpc) is 2.69. The van der Waals surface area contributed by atoms with Crippen molar-refractivity contribution in [1.29, 1.82) is 0 Å². The first-order valence-electron chi connectivity index (χ1n) is 6.89. The third-order valence-electron chi connectivity index (χ3n) is 4.46. The number of benzene rings is 1. The summed E-state index contributed by atoms with van der Waals surface area (Å²) in [6, 6.07) is 5.08. The van der Waals surface area contributed by atoms with Crippen molar-refractivity contribution >= 4 is 21.6 Å². The maximum absolute atomic E-state index is 3.82. The molecule has 2 heterocycles. The molecular weight excluding hydrogens is 288 g/mol. The summed E-state index contributed by atoms with van der Waals surface area (Å²) >= 11 is 3.57. The molecule has 3 unspecified atom stereocenters. The number of rotatable bonds is 2. The van der Waals surface area contributed by atoms with E-state index in [0.29, 0.717) is 6.04 Å². The first kappa shape index (κ1) is 12.5. The molecule has 3 rings (SSSR count). The Labute approximate surface area is 118 Å². The molecule has 0 spiro atoms. The minimum absolute atomic E-state index is 0.669. The lowest BCUT2D eigenvalue weighted by atomic mass is 9.93. The van der Waals surface area contributed by atoms with E-state index in [9.17, 15) is 0 Å². The molecule has 18 heavy (non-hydrogen) atoms. The zero-order chi connectivity index (χ0) is 12.7. The van der Waals surface area contributed by atoms with Gasteiger partial charge in [-0.15, -0.1) is 0 Å². The number of hydrogen-bond donors (Lipinski definition) is 1. The fourth-order valence-electron chi connectivity index (χ4n) is 3.47. The van der Waals surface area contributed by atoms with Gasteiger partial charge in [-0.1, -0.05) is 15.9 Å². The van der Waals surface area contributed by atoms with Crippen LogP contribution in [-0.4, -0.2) is 30.6 Å². The lowest BCUT2D eigenvalue weighted by Gasteiger charge is -2.32. The Morgan fingerprint density at radius 3 is 2.56 bits per heavy atom. The first-order chi connectivity index (χ1) is 8.63. The van der Waals surface area contributed by atoms with Gasteiger partial charge in [0.2, 0.25) is 0 Å². The molecule has 98 valence electrons. The van der Waals surface area contributed by atoms with Crippen molar-refractivity contribution < 1.29 is 0 Å². The Bertz CT molecular complexity index is 435. The number of anilines is 1. The van der Waals surface area contributed by atoms with E-state index in [2.05, 4.69) is 52.1 Å². The summed E-state index contributed by atoms with van der Waals surface area (Å²) in [5.41, 5.74) is 4.05. The Kier molecular flexibility index (Phi) is 3.37. The van der Waals surface area contributed by atoms with E-state index in [1.54, 1.807) is 0 Å². The van der Waals surface area contributed by atoms with Crippen molar-refractivity contribution in [3.05, 3.63) is 27.7 Å². The van der Waals surface area contributed by atoms with Crippen molar-refractivity contribution in [2.75, 3.05) is 25.0 Å². The number of nitrogens with one attached hydrogen (secondary N) is 1. The van der Waals surface area contributed by atoms with E-state index in [1.165, 1.54) is 53.8 Å². The molecule has 0 saturated carbocycles. The summed E-state index contributed by atoms with van der Waals surface area (Å²) < 4.78 is 1.18. The second-order valence-corrected chi connectivity index (χ2v) is 6.72. The maximum Gasteiger partial charge on any atom is 0.0402 e. The van der Waals surface area contributed by atoms with E-state index in [0.717, 1.165) is 5.92 Å². The Hall–Kier alpha value is -0.540. The lowest BCUT2D eigenvalue weighted by molar-refractivity contribution is 0.255. The predicted octanol–water partition coefficient (Wildman–Crippen LogP) is 3.57. The molecule has 3 atom stereocenters. The van der Waals surface area contributed by atoms with Crippen molar-refractivity contribution in [2.24, 2.45) is 5.92 Å². The Morgan fingerprint density at radius 2 is 1.83 bits per heavy atom. The van der Waals surface area contributed by atoms with Crippen LogP contribution in [0.4, 0.5) is 5.69 Å². The minimum Gasteiger partial charge on any atom is -0.382 e. The number of nitrogens with zero attached hydrogens (tertiary/aromatic N) is 1. The zero-order valence-corrected chi connectivity index (χ0v) is 12.8. The molecule has 1 N–H and O–H groups in total. The smallest absolute Gasteiger partial charge is 0.0402 e. The molecule has 2 aliphatic rings. The van der Waals surface area contributed by atoms with Gasteiger partial charge in [0.25, 0.3) is 0 Å². The van der Waals surface area contributed by atoms with Crippen LogP contribution in [0.5, 0.6) is 0 Å². The zero-order valence-electron chi connectivity index (χ0n) is 11.2. The van der Waals surface area contributed by atoms with E-state index in [1.807, 2.05) is 0 Å². The van der Waals surface area contributed by atoms with Crippen molar-refractivity contribution in [1.82, 2.24) is 4.90 Å². The van der Waals surface area contributed by atoms with Gasteiger partial charge >= 0.3 is 0 Å². The highest BCUT2D eigenvalue weighted by atomic mass is 79.9. The van der Waals surface area contributed by atoms with Gasteiger partial charge < -0.3 is 10.2 Å². The molecule has 0 amide bonds. The highest BCUT2D eigenvalue weighted by Crippen LogP contribution is 2.32. The van der Waals surface area contributed by atoms with Crippen LogP contribution in [-0.2, 0) is 0 Å². The number of fused-ring (bicyclic) bond motifs is 2. The minimum atomic E-state index is 0.669. The molecule has 2 nitrogen and oxygen atoms in total. The summed E-state index contributed by atoms with van der Waals surface area (Å²) in [5.74, 6) is 0.848. The van der Waals surface area contributed by atoms with Gasteiger partial charge in [0.15, 0.2) is 0 Å². The molecule has 2 aliphatic heterocycles. The molecule has 2 saturated heterocycles. The van der Waals surface area contributed by atoms with E-state index >= 15 is 0 Å². The maximum atomic E-state index is 3.82. The Morgan fingerprint density at radius 1 is 1.17 bits per heavy atom. The number of aryl methyl sites for hydroxylation is 2. The normalized spacial score (nSPS) is 30.5. The summed E-state index contributed by atoms with van der Waals surface area (Å²) in [5, 5.41) is 3.82. The van der Waals surface area contributed by atoms with E-state index in [4.69, 9.17) is 0 Å². The lowest BCUT2D eigenvalue weighted by Crippen LogP contribution is -2.39. The molecule has 0 aliphatic carbocycles. The van der Waals surface area contributed by atoms with Crippen LogP contribution < -0.4 is 5.32 Å². The molecule has 3 heteroatoms. The summed E-state index contributed by atoms with van der Waals surface area (Å²) in [4.78, 5) is 2.60. The Balaban J connectivity index is 1.80. The van der Waals surface area contributed by atoms with Gasteiger partial charge in [0.1, 0.15) is 0 Å². The number of piperidine rings is 1. The standard InChI is InChI=1S/C15H21BrN2/c1-10-7-13(16)8-11(2)15(10)17-14-4-6-18-5-3-12(14)9-18/h7-8,12,14,17H,3-6,9H2,1-2H3. The molecule has 0 aromatic heterocycles. The monoisotopic (exact) mass is 308 g/mol. The van der Waals surface area contributed by atoms with Crippen LogP contribution in [0.1, 0.15) is 24.0 Å². The summed E-state index contributed by atoms with van der Waals surface area (Å²) in [7, 11) is 0. The van der Waals surface area contributed by atoms with Crippen molar-refractivity contribution in [3.63, 3.8) is 0 Å². The largest absolute Gasteiger partial charge is 0.382 e. The molecule has 2 fully saturated rings. The first-order valence-corrected chi connectivity index (χ1v) is 7.68. The highest BCUT2D eigenvalue weighted by molar-refractivity contribution is 9.10. The predicted molar refractivity (Wildman–Crippen MR) is 80.2 cm³/mol. The fourth-order valence-corrected chi connectivity index (χ4v) is 4.15. The van der Waals surface area contributed by atoms with Gasteiger partial charge in [0, 0.05) is 29.3 Å². The number of halogens is 1.